The van der Waals surface area contributed by atoms with Crippen LogP contribution in [0.4, 0.5) is 17.1 Å². The van der Waals surface area contributed by atoms with Crippen molar-refractivity contribution in [3.63, 3.8) is 0 Å². The van der Waals surface area contributed by atoms with Crippen molar-refractivity contribution in [2.75, 3.05) is 29.0 Å². The van der Waals surface area contributed by atoms with Gasteiger partial charge in [0.1, 0.15) is 0 Å². The summed E-state index contributed by atoms with van der Waals surface area (Å²) < 4.78 is 0. The quantitative estimate of drug-likeness (QED) is 0.572. The second-order valence-corrected chi connectivity index (χ2v) is 8.09. The first-order chi connectivity index (χ1) is 14.9. The Morgan fingerprint density at radius 2 is 2.13 bits per heavy atom. The Balaban J connectivity index is 1.63. The summed E-state index contributed by atoms with van der Waals surface area (Å²) in [5.41, 5.74) is 16.1. The molecule has 0 bridgehead atoms. The highest BCUT2D eigenvalue weighted by atomic mass is 35.5. The number of nitrogen functional groups attached to an aromatic ring is 1. The third kappa shape index (κ3) is 4.60. The summed E-state index contributed by atoms with van der Waals surface area (Å²) in [6, 6.07) is 7.17. The summed E-state index contributed by atoms with van der Waals surface area (Å²) in [6.07, 6.45) is 6.87. The Bertz CT molecular complexity index is 1120. The normalized spacial score (nSPS) is 16.2. The molecule has 1 fully saturated rings. The molecule has 31 heavy (non-hydrogen) atoms. The van der Waals surface area contributed by atoms with Gasteiger partial charge in [0.25, 0.3) is 5.91 Å². The largest absolute Gasteiger partial charge is 0.397 e. The molecule has 3 aromatic heterocycles. The van der Waals surface area contributed by atoms with Crippen molar-refractivity contribution >= 4 is 34.6 Å². The minimum absolute atomic E-state index is 0.106. The Hall–Kier alpha value is -3.23. The number of amides is 1. The van der Waals surface area contributed by atoms with Gasteiger partial charge in [-0.2, -0.15) is 0 Å². The fourth-order valence-corrected chi connectivity index (χ4v) is 3.97. The van der Waals surface area contributed by atoms with Gasteiger partial charge in [-0.3, -0.25) is 14.8 Å². The van der Waals surface area contributed by atoms with Gasteiger partial charge in [0.15, 0.2) is 5.69 Å². The monoisotopic (exact) mass is 437 g/mol. The van der Waals surface area contributed by atoms with E-state index in [-0.39, 0.29) is 17.4 Å². The number of nitrogens with zero attached hydrogens (tertiary/aromatic N) is 4. The Morgan fingerprint density at radius 1 is 1.29 bits per heavy atom. The van der Waals surface area contributed by atoms with E-state index in [1.807, 2.05) is 13.0 Å². The number of rotatable bonds is 4. The van der Waals surface area contributed by atoms with Crippen LogP contribution in [0.1, 0.15) is 28.9 Å². The maximum absolute atomic E-state index is 13.1. The third-order valence-corrected chi connectivity index (χ3v) is 5.48. The molecule has 0 unspecified atom stereocenters. The molecule has 160 valence electrons. The average molecular weight is 438 g/mol. The topological polar surface area (TPSA) is 123 Å². The molecule has 4 rings (SSSR count). The van der Waals surface area contributed by atoms with Crippen molar-refractivity contribution in [3.05, 3.63) is 59.1 Å². The summed E-state index contributed by atoms with van der Waals surface area (Å²) in [5.74, 6) is -0.415. The van der Waals surface area contributed by atoms with Crippen LogP contribution in [0.3, 0.4) is 0 Å². The Labute approximate surface area is 185 Å². The average Bonchev–Trinajstić information content (AvgIpc) is 2.75. The summed E-state index contributed by atoms with van der Waals surface area (Å²) in [7, 11) is 0. The summed E-state index contributed by atoms with van der Waals surface area (Å²) in [4.78, 5) is 28.3. The van der Waals surface area contributed by atoms with Gasteiger partial charge in [-0.05, 0) is 49.6 Å². The first-order valence-corrected chi connectivity index (χ1v) is 10.4. The number of carbonyl (C=O) groups is 1. The SMILES string of the molecule is Cc1cc(Cl)cnc1-c1ccc(N)c(C(=O)Nc2cnccc2N2CCC[C@H](N)C2)n1. The van der Waals surface area contributed by atoms with Gasteiger partial charge in [0.05, 0.1) is 39.7 Å². The number of nitrogens with two attached hydrogens (primary N) is 2. The first-order valence-electron chi connectivity index (χ1n) is 10.1. The van der Waals surface area contributed by atoms with Crippen LogP contribution in [0.5, 0.6) is 0 Å². The van der Waals surface area contributed by atoms with Crippen LogP contribution >= 0.6 is 11.6 Å². The fourth-order valence-electron chi connectivity index (χ4n) is 3.76. The molecule has 1 aliphatic rings. The maximum atomic E-state index is 13.1. The standard InChI is InChI=1S/C22H24ClN7O/c1-13-9-14(23)10-27-20(13)17-5-4-16(25)21(28-17)22(31)29-18-11-26-7-6-19(18)30-8-2-3-15(24)12-30/h4-7,9-11,15H,2-3,8,12,24-25H2,1H3,(H,29,31)/t15-/m0/s1. The van der Waals surface area contributed by atoms with E-state index in [1.54, 1.807) is 36.8 Å². The minimum atomic E-state index is -0.415. The van der Waals surface area contributed by atoms with E-state index < -0.39 is 5.91 Å². The van der Waals surface area contributed by atoms with Gasteiger partial charge in [-0.25, -0.2) is 4.98 Å². The highest BCUT2D eigenvalue weighted by Crippen LogP contribution is 2.29. The Morgan fingerprint density at radius 3 is 2.90 bits per heavy atom. The number of aryl methyl sites for hydroxylation is 1. The van der Waals surface area contributed by atoms with Gasteiger partial charge in [0.2, 0.25) is 0 Å². The van der Waals surface area contributed by atoms with E-state index in [9.17, 15) is 4.79 Å². The summed E-state index contributed by atoms with van der Waals surface area (Å²) >= 11 is 6.00. The van der Waals surface area contributed by atoms with E-state index in [1.165, 1.54) is 0 Å². The molecular weight excluding hydrogens is 414 g/mol. The molecule has 0 aromatic carbocycles. The number of pyridine rings is 3. The van der Waals surface area contributed by atoms with Crippen molar-refractivity contribution in [2.45, 2.75) is 25.8 Å². The maximum Gasteiger partial charge on any atom is 0.276 e. The zero-order valence-electron chi connectivity index (χ0n) is 17.2. The zero-order chi connectivity index (χ0) is 22.0. The number of aromatic nitrogens is 3. The molecule has 1 atom stereocenters. The lowest BCUT2D eigenvalue weighted by Gasteiger charge is -2.33. The predicted octanol–water partition coefficient (Wildman–Crippen LogP) is 3.26. The molecule has 1 aliphatic heterocycles. The summed E-state index contributed by atoms with van der Waals surface area (Å²) in [5, 5.41) is 3.45. The van der Waals surface area contributed by atoms with Gasteiger partial charge < -0.3 is 21.7 Å². The number of carbonyl (C=O) groups excluding carboxylic acids is 1. The van der Waals surface area contributed by atoms with Crippen LogP contribution < -0.4 is 21.7 Å². The first kappa shape index (κ1) is 21.0. The molecule has 9 heteroatoms. The highest BCUT2D eigenvalue weighted by molar-refractivity contribution is 6.30. The lowest BCUT2D eigenvalue weighted by molar-refractivity contribution is 0.102. The van der Waals surface area contributed by atoms with Crippen LogP contribution in [0.15, 0.2) is 42.9 Å². The molecule has 4 heterocycles. The lowest BCUT2D eigenvalue weighted by atomic mass is 10.1. The van der Waals surface area contributed by atoms with Crippen LogP contribution in [-0.2, 0) is 0 Å². The van der Waals surface area contributed by atoms with Crippen molar-refractivity contribution in [1.82, 2.24) is 15.0 Å². The number of hydrogen-bond donors (Lipinski definition) is 3. The van der Waals surface area contributed by atoms with Crippen molar-refractivity contribution in [2.24, 2.45) is 5.73 Å². The fraction of sp³-hybridized carbons (Fsp3) is 0.273. The Kier molecular flexibility index (Phi) is 6.01. The second-order valence-electron chi connectivity index (χ2n) is 7.65. The van der Waals surface area contributed by atoms with E-state index in [4.69, 9.17) is 23.1 Å². The van der Waals surface area contributed by atoms with Crippen molar-refractivity contribution < 1.29 is 4.79 Å². The van der Waals surface area contributed by atoms with Crippen LogP contribution in [0, 0.1) is 6.92 Å². The van der Waals surface area contributed by atoms with Gasteiger partial charge >= 0.3 is 0 Å². The zero-order valence-corrected chi connectivity index (χ0v) is 17.9. The molecule has 0 radical (unpaired) electrons. The van der Waals surface area contributed by atoms with E-state index in [0.29, 0.717) is 22.1 Å². The molecule has 0 aliphatic carbocycles. The molecule has 0 saturated carbocycles. The van der Waals surface area contributed by atoms with Crippen molar-refractivity contribution in [3.8, 4) is 11.4 Å². The van der Waals surface area contributed by atoms with Gasteiger partial charge in [-0.15, -0.1) is 0 Å². The van der Waals surface area contributed by atoms with E-state index >= 15 is 0 Å². The lowest BCUT2D eigenvalue weighted by Crippen LogP contribution is -2.43. The summed E-state index contributed by atoms with van der Waals surface area (Å²) in [6.45, 7) is 3.49. The smallest absolute Gasteiger partial charge is 0.276 e. The van der Waals surface area contributed by atoms with Crippen LogP contribution in [0.25, 0.3) is 11.4 Å². The minimum Gasteiger partial charge on any atom is -0.397 e. The van der Waals surface area contributed by atoms with E-state index in [2.05, 4.69) is 25.2 Å². The molecule has 1 saturated heterocycles. The van der Waals surface area contributed by atoms with E-state index in [0.717, 1.165) is 37.2 Å². The number of nitrogens with one attached hydrogen (secondary N) is 1. The third-order valence-electron chi connectivity index (χ3n) is 5.27. The molecule has 8 nitrogen and oxygen atoms in total. The molecule has 3 aromatic rings. The van der Waals surface area contributed by atoms with Gasteiger partial charge in [-0.1, -0.05) is 11.6 Å². The van der Waals surface area contributed by atoms with Crippen LogP contribution in [0.2, 0.25) is 5.02 Å². The molecular formula is C22H24ClN7O. The second kappa shape index (κ2) is 8.87. The predicted molar refractivity (Wildman–Crippen MR) is 123 cm³/mol. The van der Waals surface area contributed by atoms with Crippen molar-refractivity contribution in [1.29, 1.82) is 0 Å². The number of piperidine rings is 1. The highest BCUT2D eigenvalue weighted by Gasteiger charge is 2.21. The van der Waals surface area contributed by atoms with Gasteiger partial charge in [0, 0.05) is 31.5 Å². The number of anilines is 3. The molecule has 0 spiro atoms. The van der Waals surface area contributed by atoms with Crippen LogP contribution in [-0.4, -0.2) is 40.0 Å². The molecule has 5 N–H and O–H groups in total. The number of halogens is 1. The number of hydrogen-bond acceptors (Lipinski definition) is 7. The molecule has 1 amide bonds.